The number of rotatable bonds is 5. The third-order valence-electron chi connectivity index (χ3n) is 2.72. The smallest absolute Gasteiger partial charge is 0.119 e. The van der Waals surface area contributed by atoms with E-state index < -0.39 is 0 Å². The fraction of sp³-hybridized carbons (Fsp3) is 0.267. The summed E-state index contributed by atoms with van der Waals surface area (Å²) in [6.45, 7) is 2.94. The van der Waals surface area contributed by atoms with Crippen LogP contribution >= 0.6 is 11.8 Å². The Labute approximate surface area is 118 Å². The Morgan fingerprint density at radius 1 is 1.32 bits per heavy atom. The highest BCUT2D eigenvalue weighted by atomic mass is 32.2. The largest absolute Gasteiger partial charge is 0.497 e. The molecule has 0 fully saturated rings. The number of aromatic nitrogens is 1. The van der Waals surface area contributed by atoms with Crippen LogP contribution in [0.1, 0.15) is 11.1 Å². The fourth-order valence-corrected chi connectivity index (χ4v) is 2.67. The van der Waals surface area contributed by atoms with Crippen molar-refractivity contribution < 1.29 is 4.74 Å². The van der Waals surface area contributed by atoms with Crippen molar-refractivity contribution in [1.29, 1.82) is 0 Å². The second kappa shape index (κ2) is 6.59. The third kappa shape index (κ3) is 3.72. The highest BCUT2D eigenvalue weighted by Crippen LogP contribution is 2.30. The van der Waals surface area contributed by atoms with Gasteiger partial charge in [0.15, 0.2) is 0 Å². The SMILES string of the molecule is CNCc1cnc(Sc2cccc(OC)c2)c(C)c1. The molecular formula is C15H18N2OS. The van der Waals surface area contributed by atoms with Gasteiger partial charge in [-0.2, -0.15) is 0 Å². The highest BCUT2D eigenvalue weighted by Gasteiger charge is 2.05. The molecule has 19 heavy (non-hydrogen) atoms. The van der Waals surface area contributed by atoms with Crippen LogP contribution in [0.2, 0.25) is 0 Å². The number of benzene rings is 1. The Morgan fingerprint density at radius 3 is 2.84 bits per heavy atom. The van der Waals surface area contributed by atoms with Gasteiger partial charge in [-0.15, -0.1) is 0 Å². The normalized spacial score (nSPS) is 10.5. The second-order valence-corrected chi connectivity index (χ2v) is 5.34. The van der Waals surface area contributed by atoms with E-state index in [1.807, 2.05) is 31.4 Å². The molecule has 1 N–H and O–H groups in total. The average molecular weight is 274 g/mol. The van der Waals surface area contributed by atoms with Crippen LogP contribution in [0.4, 0.5) is 0 Å². The van der Waals surface area contributed by atoms with Crippen molar-refractivity contribution in [3.63, 3.8) is 0 Å². The van der Waals surface area contributed by atoms with Crippen LogP contribution in [0.5, 0.6) is 5.75 Å². The summed E-state index contributed by atoms with van der Waals surface area (Å²) >= 11 is 1.66. The molecule has 0 spiro atoms. The Balaban J connectivity index is 2.18. The van der Waals surface area contributed by atoms with Gasteiger partial charge in [-0.05, 0) is 43.3 Å². The number of hydrogen-bond donors (Lipinski definition) is 1. The molecule has 1 aromatic carbocycles. The lowest BCUT2D eigenvalue weighted by molar-refractivity contribution is 0.413. The summed E-state index contributed by atoms with van der Waals surface area (Å²) in [5, 5.41) is 4.17. The Hall–Kier alpha value is -1.52. The zero-order valence-corrected chi connectivity index (χ0v) is 12.3. The van der Waals surface area contributed by atoms with Crippen molar-refractivity contribution in [3.8, 4) is 5.75 Å². The van der Waals surface area contributed by atoms with Crippen LogP contribution in [0.3, 0.4) is 0 Å². The maximum atomic E-state index is 5.23. The number of methoxy groups -OCH3 is 1. The maximum Gasteiger partial charge on any atom is 0.119 e. The van der Waals surface area contributed by atoms with Gasteiger partial charge in [0, 0.05) is 17.6 Å². The monoisotopic (exact) mass is 274 g/mol. The molecule has 0 bridgehead atoms. The Kier molecular flexibility index (Phi) is 4.82. The van der Waals surface area contributed by atoms with Crippen molar-refractivity contribution in [2.45, 2.75) is 23.4 Å². The minimum absolute atomic E-state index is 0.845. The molecule has 0 aliphatic rings. The van der Waals surface area contributed by atoms with Crippen molar-refractivity contribution in [1.82, 2.24) is 10.3 Å². The van der Waals surface area contributed by atoms with E-state index in [9.17, 15) is 0 Å². The van der Waals surface area contributed by atoms with Gasteiger partial charge >= 0.3 is 0 Å². The van der Waals surface area contributed by atoms with E-state index in [2.05, 4.69) is 29.4 Å². The van der Waals surface area contributed by atoms with E-state index in [1.165, 1.54) is 11.1 Å². The summed E-state index contributed by atoms with van der Waals surface area (Å²) in [6.07, 6.45) is 1.92. The first-order valence-corrected chi connectivity index (χ1v) is 6.96. The van der Waals surface area contributed by atoms with Gasteiger partial charge in [0.05, 0.1) is 7.11 Å². The first-order chi connectivity index (χ1) is 9.22. The molecule has 0 saturated carbocycles. The molecular weight excluding hydrogens is 256 g/mol. The fourth-order valence-electron chi connectivity index (χ4n) is 1.80. The summed E-state index contributed by atoms with van der Waals surface area (Å²) in [7, 11) is 3.62. The lowest BCUT2D eigenvalue weighted by atomic mass is 10.2. The molecule has 4 heteroatoms. The molecule has 0 saturated heterocycles. The Morgan fingerprint density at radius 2 is 2.16 bits per heavy atom. The molecule has 1 aromatic heterocycles. The van der Waals surface area contributed by atoms with Gasteiger partial charge in [-0.1, -0.05) is 23.9 Å². The lowest BCUT2D eigenvalue weighted by Crippen LogP contribution is -2.05. The molecule has 0 aliphatic carbocycles. The summed E-state index contributed by atoms with van der Waals surface area (Å²) in [6, 6.07) is 10.2. The van der Waals surface area contributed by atoms with Crippen LogP contribution in [0.25, 0.3) is 0 Å². The zero-order valence-electron chi connectivity index (χ0n) is 11.4. The molecule has 100 valence electrons. The van der Waals surface area contributed by atoms with Crippen LogP contribution in [0.15, 0.2) is 46.5 Å². The molecule has 3 nitrogen and oxygen atoms in total. The van der Waals surface area contributed by atoms with E-state index >= 15 is 0 Å². The molecule has 0 aliphatic heterocycles. The predicted molar refractivity (Wildman–Crippen MR) is 78.9 cm³/mol. The van der Waals surface area contributed by atoms with Gasteiger partial charge in [0.2, 0.25) is 0 Å². The molecule has 0 atom stereocenters. The van der Waals surface area contributed by atoms with Gasteiger partial charge in [-0.3, -0.25) is 0 Å². The summed E-state index contributed by atoms with van der Waals surface area (Å²) in [5.74, 6) is 0.870. The van der Waals surface area contributed by atoms with E-state index in [4.69, 9.17) is 4.74 Å². The topological polar surface area (TPSA) is 34.2 Å². The number of hydrogen-bond acceptors (Lipinski definition) is 4. The van der Waals surface area contributed by atoms with E-state index in [-0.39, 0.29) is 0 Å². The zero-order chi connectivity index (χ0) is 13.7. The minimum Gasteiger partial charge on any atom is -0.497 e. The first kappa shape index (κ1) is 13.9. The van der Waals surface area contributed by atoms with E-state index in [1.54, 1.807) is 18.9 Å². The van der Waals surface area contributed by atoms with Crippen LogP contribution in [-0.2, 0) is 6.54 Å². The number of pyridine rings is 1. The van der Waals surface area contributed by atoms with Gasteiger partial charge in [0.25, 0.3) is 0 Å². The van der Waals surface area contributed by atoms with Crippen LogP contribution in [0, 0.1) is 6.92 Å². The quantitative estimate of drug-likeness (QED) is 0.907. The molecule has 0 amide bonds. The molecule has 0 unspecified atom stereocenters. The number of nitrogens with zero attached hydrogens (tertiary/aromatic N) is 1. The van der Waals surface area contributed by atoms with Crippen molar-refractivity contribution in [2.75, 3.05) is 14.2 Å². The molecule has 0 radical (unpaired) electrons. The first-order valence-electron chi connectivity index (χ1n) is 6.15. The van der Waals surface area contributed by atoms with Crippen LogP contribution < -0.4 is 10.1 Å². The average Bonchev–Trinajstić information content (AvgIpc) is 2.42. The van der Waals surface area contributed by atoms with E-state index in [0.29, 0.717) is 0 Å². The van der Waals surface area contributed by atoms with Gasteiger partial charge in [-0.25, -0.2) is 4.98 Å². The van der Waals surface area contributed by atoms with Gasteiger partial charge in [0.1, 0.15) is 10.8 Å². The summed E-state index contributed by atoms with van der Waals surface area (Å²) < 4.78 is 5.23. The number of aryl methyl sites for hydroxylation is 1. The molecule has 2 aromatic rings. The third-order valence-corrected chi connectivity index (χ3v) is 3.83. The summed E-state index contributed by atoms with van der Waals surface area (Å²) in [4.78, 5) is 5.67. The van der Waals surface area contributed by atoms with Crippen molar-refractivity contribution in [2.24, 2.45) is 0 Å². The maximum absolute atomic E-state index is 5.23. The standard InChI is InChI=1S/C15H18N2OS/c1-11-7-12(9-16-2)10-17-15(11)19-14-6-4-5-13(8-14)18-3/h4-8,10,16H,9H2,1-3H3. The van der Waals surface area contributed by atoms with Crippen LogP contribution in [-0.4, -0.2) is 19.1 Å². The van der Waals surface area contributed by atoms with Gasteiger partial charge < -0.3 is 10.1 Å². The minimum atomic E-state index is 0.845. The summed E-state index contributed by atoms with van der Waals surface area (Å²) in [5.41, 5.74) is 2.40. The number of nitrogens with one attached hydrogen (secondary N) is 1. The molecule has 2 rings (SSSR count). The second-order valence-electron chi connectivity index (χ2n) is 4.28. The van der Waals surface area contributed by atoms with Crippen molar-refractivity contribution in [3.05, 3.63) is 47.7 Å². The molecule has 1 heterocycles. The van der Waals surface area contributed by atoms with Crippen molar-refractivity contribution >= 4 is 11.8 Å². The number of ether oxygens (including phenoxy) is 1. The Bertz CT molecular complexity index is 558. The predicted octanol–water partition coefficient (Wildman–Crippen LogP) is 3.27. The van der Waals surface area contributed by atoms with E-state index in [0.717, 1.165) is 22.2 Å². The highest BCUT2D eigenvalue weighted by molar-refractivity contribution is 7.99. The lowest BCUT2D eigenvalue weighted by Gasteiger charge is -2.08.